The maximum absolute atomic E-state index is 13.9. The third-order valence-electron chi connectivity index (χ3n) is 11.5. The number of oxazole rings is 2. The van der Waals surface area contributed by atoms with Crippen LogP contribution in [0.2, 0.25) is 0 Å². The number of anilines is 5. The number of carbonyl (C=O) groups is 1. The number of hydrogen-bond donors (Lipinski definition) is 2. The fourth-order valence-corrected chi connectivity index (χ4v) is 8.49. The van der Waals surface area contributed by atoms with Gasteiger partial charge < -0.3 is 29.3 Å². The smallest absolute Gasteiger partial charge is 0.416 e. The summed E-state index contributed by atoms with van der Waals surface area (Å²) in [5, 5.41) is 6.35. The molecule has 2 fully saturated rings. The maximum atomic E-state index is 13.9. The summed E-state index contributed by atoms with van der Waals surface area (Å²) in [6, 6.07) is 22.7. The quantitative estimate of drug-likeness (QED) is 0.161. The summed E-state index contributed by atoms with van der Waals surface area (Å²) in [6.07, 6.45) is -1.26. The zero-order chi connectivity index (χ0) is 43.5. The van der Waals surface area contributed by atoms with Crippen LogP contribution in [0.3, 0.4) is 0 Å². The summed E-state index contributed by atoms with van der Waals surface area (Å²) in [7, 11) is 0. The van der Waals surface area contributed by atoms with Gasteiger partial charge in [0.1, 0.15) is 0 Å². The Labute approximate surface area is 355 Å². The number of pyridine rings is 2. The van der Waals surface area contributed by atoms with Crippen LogP contribution in [0.1, 0.15) is 24.0 Å². The van der Waals surface area contributed by atoms with Gasteiger partial charge in [-0.05, 0) is 79.6 Å². The fourth-order valence-electron chi connectivity index (χ4n) is 8.49. The minimum absolute atomic E-state index is 0.155. The fraction of sp³-hybridized carbons (Fsp3) is 0.222. The Balaban J connectivity index is 0.000000180. The largest absolute Gasteiger partial charge is 0.444 e. The van der Waals surface area contributed by atoms with Gasteiger partial charge in [0, 0.05) is 60.2 Å². The summed E-state index contributed by atoms with van der Waals surface area (Å²) >= 11 is 0. The van der Waals surface area contributed by atoms with Crippen LogP contribution in [0, 0.1) is 0 Å². The second-order valence-corrected chi connectivity index (χ2v) is 15.6. The average molecular weight is 864 g/mol. The SMILES string of the molecule is FC(F)(F)c1cccc(-c2ccc3c(n2)N[C@H]2CCN3C2)c1.O=C(Nc1cc(-c2cnco2)cc(-c2cnco2)c1)N1c2nc(-c3cccc(C(F)(F)F)c3)ccc2N2CC[C@H]1C2. The molecule has 3 aromatic carbocycles. The van der Waals surface area contributed by atoms with Crippen LogP contribution >= 0.6 is 0 Å². The molecule has 2 saturated heterocycles. The first-order valence-electron chi connectivity index (χ1n) is 20.0. The first kappa shape index (κ1) is 39.7. The first-order valence-corrected chi connectivity index (χ1v) is 20.0. The highest BCUT2D eigenvalue weighted by Crippen LogP contribution is 2.42. The van der Waals surface area contributed by atoms with E-state index in [1.807, 2.05) is 18.2 Å². The molecule has 0 spiro atoms. The predicted octanol–water partition coefficient (Wildman–Crippen LogP) is 10.5. The molecular formula is C45H35F6N9O3. The van der Waals surface area contributed by atoms with E-state index in [4.69, 9.17) is 13.8 Å². The number of alkyl halides is 6. The third kappa shape index (κ3) is 7.87. The van der Waals surface area contributed by atoms with Crippen LogP contribution in [0.25, 0.3) is 45.2 Å². The molecular weight excluding hydrogens is 829 g/mol. The molecule has 4 aliphatic rings. The van der Waals surface area contributed by atoms with Crippen LogP contribution < -0.4 is 25.3 Å². The summed E-state index contributed by atoms with van der Waals surface area (Å²) in [5.41, 5.74) is 3.88. The number of halogens is 6. The van der Waals surface area contributed by atoms with Crippen LogP contribution in [0.5, 0.6) is 0 Å². The Morgan fingerprint density at radius 3 is 1.86 bits per heavy atom. The van der Waals surface area contributed by atoms with Crippen molar-refractivity contribution in [3.05, 3.63) is 127 Å². The van der Waals surface area contributed by atoms with Gasteiger partial charge in [0.25, 0.3) is 0 Å². The Morgan fingerprint density at radius 1 is 0.667 bits per heavy atom. The van der Waals surface area contributed by atoms with E-state index in [1.165, 1.54) is 24.9 Å². The molecule has 63 heavy (non-hydrogen) atoms. The highest BCUT2D eigenvalue weighted by atomic mass is 19.4. The molecule has 2 atom stereocenters. The number of hydrogen-bond acceptors (Lipinski definition) is 10. The topological polar surface area (TPSA) is 129 Å². The van der Waals surface area contributed by atoms with Crippen LogP contribution in [0.4, 0.5) is 59.8 Å². The van der Waals surface area contributed by atoms with E-state index in [2.05, 4.69) is 35.4 Å². The van der Waals surface area contributed by atoms with E-state index >= 15 is 0 Å². The van der Waals surface area contributed by atoms with Gasteiger partial charge in [-0.25, -0.2) is 24.7 Å². The lowest BCUT2D eigenvalue weighted by Gasteiger charge is -2.36. The van der Waals surface area contributed by atoms with Gasteiger partial charge in [-0.1, -0.05) is 24.3 Å². The van der Waals surface area contributed by atoms with Gasteiger partial charge in [0.15, 0.2) is 35.9 Å². The molecule has 0 aliphatic carbocycles. The van der Waals surface area contributed by atoms with Crippen molar-refractivity contribution in [3.8, 4) is 45.2 Å². The molecule has 4 aliphatic heterocycles. The van der Waals surface area contributed by atoms with E-state index in [0.717, 1.165) is 73.9 Å². The molecule has 320 valence electrons. The number of carbonyl (C=O) groups excluding carboxylic acids is 1. The van der Waals surface area contributed by atoms with E-state index in [9.17, 15) is 31.1 Å². The van der Waals surface area contributed by atoms with Gasteiger partial charge in [0.2, 0.25) is 0 Å². The van der Waals surface area contributed by atoms with E-state index < -0.39 is 29.5 Å². The van der Waals surface area contributed by atoms with E-state index in [-0.39, 0.29) is 6.04 Å². The van der Waals surface area contributed by atoms with Crippen molar-refractivity contribution < 1.29 is 40.0 Å². The maximum Gasteiger partial charge on any atom is 0.416 e. The second-order valence-electron chi connectivity index (χ2n) is 15.6. The van der Waals surface area contributed by atoms with Crippen LogP contribution in [-0.4, -0.2) is 64.2 Å². The summed E-state index contributed by atoms with van der Waals surface area (Å²) < 4.78 is 89.5. The average Bonchev–Trinajstić information content (AvgIpc) is 4.13. The summed E-state index contributed by atoms with van der Waals surface area (Å²) in [5.74, 6) is 2.17. The first-order chi connectivity index (χ1) is 30.3. The van der Waals surface area contributed by atoms with Crippen molar-refractivity contribution in [2.24, 2.45) is 0 Å². The zero-order valence-corrected chi connectivity index (χ0v) is 33.0. The zero-order valence-electron chi connectivity index (χ0n) is 33.0. The second kappa shape index (κ2) is 15.5. The monoisotopic (exact) mass is 863 g/mol. The molecule has 8 heterocycles. The normalized spacial score (nSPS) is 17.4. The van der Waals surface area contributed by atoms with Crippen molar-refractivity contribution in [2.45, 2.75) is 37.3 Å². The molecule has 7 aromatic rings. The molecule has 2 N–H and O–H groups in total. The van der Waals surface area contributed by atoms with Crippen molar-refractivity contribution in [3.63, 3.8) is 0 Å². The Hall–Kier alpha value is -7.37. The van der Waals surface area contributed by atoms with Gasteiger partial charge >= 0.3 is 18.4 Å². The molecule has 0 unspecified atom stereocenters. The number of nitrogens with zero attached hydrogens (tertiary/aromatic N) is 7. The van der Waals surface area contributed by atoms with Gasteiger partial charge in [0.05, 0.1) is 52.3 Å². The summed E-state index contributed by atoms with van der Waals surface area (Å²) in [4.78, 5) is 37.1. The molecule has 4 aromatic heterocycles. The molecule has 11 rings (SSSR count). The number of amides is 2. The minimum Gasteiger partial charge on any atom is -0.444 e. The van der Waals surface area contributed by atoms with E-state index in [1.54, 1.807) is 53.7 Å². The third-order valence-corrected chi connectivity index (χ3v) is 11.5. The molecule has 2 amide bonds. The van der Waals surface area contributed by atoms with Crippen molar-refractivity contribution in [1.82, 2.24) is 19.9 Å². The number of fused-ring (bicyclic) bond motifs is 8. The molecule has 4 bridgehead atoms. The number of aromatic nitrogens is 4. The molecule has 0 radical (unpaired) electrons. The van der Waals surface area contributed by atoms with Gasteiger partial charge in [-0.3, -0.25) is 4.90 Å². The lowest BCUT2D eigenvalue weighted by molar-refractivity contribution is -0.138. The Kier molecular flexibility index (Phi) is 9.79. The van der Waals surface area contributed by atoms with Crippen LogP contribution in [-0.2, 0) is 12.4 Å². The van der Waals surface area contributed by atoms with Crippen LogP contribution in [0.15, 0.2) is 125 Å². The number of benzene rings is 3. The lowest BCUT2D eigenvalue weighted by Crippen LogP contribution is -2.48. The summed E-state index contributed by atoms with van der Waals surface area (Å²) in [6.45, 7) is 3.34. The minimum atomic E-state index is -4.48. The lowest BCUT2D eigenvalue weighted by atomic mass is 10.1. The van der Waals surface area contributed by atoms with Crippen molar-refractivity contribution in [1.29, 1.82) is 0 Å². The highest BCUT2D eigenvalue weighted by molar-refractivity contribution is 6.05. The number of rotatable bonds is 5. The van der Waals surface area contributed by atoms with Crippen molar-refractivity contribution in [2.75, 3.05) is 51.5 Å². The molecule has 18 heteroatoms. The Morgan fingerprint density at radius 2 is 1.25 bits per heavy atom. The van der Waals surface area contributed by atoms with Crippen molar-refractivity contribution >= 4 is 34.7 Å². The number of urea groups is 1. The van der Waals surface area contributed by atoms with Gasteiger partial charge in [-0.15, -0.1) is 0 Å². The highest BCUT2D eigenvalue weighted by Gasteiger charge is 2.41. The Bertz CT molecular complexity index is 2760. The molecule has 0 saturated carbocycles. The van der Waals surface area contributed by atoms with E-state index in [0.29, 0.717) is 69.3 Å². The molecule has 12 nitrogen and oxygen atoms in total. The number of nitrogens with one attached hydrogen (secondary N) is 2. The van der Waals surface area contributed by atoms with Gasteiger partial charge in [-0.2, -0.15) is 26.3 Å². The standard InChI is InChI=1S/C29H21F3N6O3.C16H14F3N3/c30-29(31,32)20-3-1-2-17(9-20)23-4-5-24-27(36-23)38(22-6-7-37(24)14-22)28(39)35-21-10-18(25-12-33-15-40-25)8-19(11-21)26-13-34-16-41-26;17-16(18,19)11-3-1-2-10(8-11)13-4-5-14-15(21-13)20-12-6-7-22(14)9-12/h1-5,8-13,15-16,22H,6-7,14H2,(H,35,39);1-5,8,12H,6-7,9H2,(H,20,21)/t22-;12-/m00/s1. The predicted molar refractivity (Wildman–Crippen MR) is 223 cm³/mol.